The summed E-state index contributed by atoms with van der Waals surface area (Å²) in [6.45, 7) is 14.3. The lowest BCUT2D eigenvalue weighted by molar-refractivity contribution is -0.155. The molecule has 0 aliphatic heterocycles. The van der Waals surface area contributed by atoms with Gasteiger partial charge in [-0.2, -0.15) is 0 Å². The average molecular weight is 401 g/mol. The van der Waals surface area contributed by atoms with E-state index in [9.17, 15) is 4.79 Å². The fourth-order valence-electron chi connectivity index (χ4n) is 3.23. The van der Waals surface area contributed by atoms with Gasteiger partial charge in [-0.1, -0.05) is 71.9 Å². The lowest BCUT2D eigenvalue weighted by Crippen LogP contribution is -2.34. The first-order valence-electron chi connectivity index (χ1n) is 10.4. The van der Waals surface area contributed by atoms with Crippen molar-refractivity contribution in [1.29, 1.82) is 0 Å². The fourth-order valence-corrected chi connectivity index (χ4v) is 3.23. The molecule has 4 heteroatoms. The van der Waals surface area contributed by atoms with Crippen molar-refractivity contribution in [3.63, 3.8) is 0 Å². The molecule has 4 nitrogen and oxygen atoms in total. The molecule has 0 N–H and O–H groups in total. The SMILES string of the molecule is CC(C)(C)CC(C(=O)OCCOCCOc1ccc2ccccc2c1)C(C)(C)C. The van der Waals surface area contributed by atoms with E-state index in [0.29, 0.717) is 19.8 Å². The molecule has 160 valence electrons. The summed E-state index contributed by atoms with van der Waals surface area (Å²) in [6.07, 6.45) is 0.801. The smallest absolute Gasteiger partial charge is 0.309 e. The van der Waals surface area contributed by atoms with E-state index < -0.39 is 0 Å². The molecule has 0 aliphatic rings. The van der Waals surface area contributed by atoms with Gasteiger partial charge in [0.15, 0.2) is 0 Å². The van der Waals surface area contributed by atoms with Crippen LogP contribution in [0.4, 0.5) is 0 Å². The summed E-state index contributed by atoms with van der Waals surface area (Å²) in [7, 11) is 0. The van der Waals surface area contributed by atoms with Crippen LogP contribution in [0.5, 0.6) is 5.75 Å². The van der Waals surface area contributed by atoms with E-state index >= 15 is 0 Å². The Morgan fingerprint density at radius 1 is 0.862 bits per heavy atom. The Balaban J connectivity index is 1.67. The van der Waals surface area contributed by atoms with E-state index in [4.69, 9.17) is 14.2 Å². The number of carbonyl (C=O) groups is 1. The average Bonchev–Trinajstić information content (AvgIpc) is 2.63. The second kappa shape index (κ2) is 10.1. The molecule has 0 spiro atoms. The molecule has 0 saturated carbocycles. The third kappa shape index (κ3) is 8.06. The van der Waals surface area contributed by atoms with Gasteiger partial charge in [0.25, 0.3) is 0 Å². The molecule has 0 amide bonds. The monoisotopic (exact) mass is 400 g/mol. The third-order valence-corrected chi connectivity index (χ3v) is 4.84. The highest BCUT2D eigenvalue weighted by Crippen LogP contribution is 2.36. The Hall–Kier alpha value is -2.07. The lowest BCUT2D eigenvalue weighted by Gasteiger charge is -2.33. The highest BCUT2D eigenvalue weighted by Gasteiger charge is 2.35. The van der Waals surface area contributed by atoms with Crippen molar-refractivity contribution in [2.75, 3.05) is 26.4 Å². The van der Waals surface area contributed by atoms with E-state index in [2.05, 4.69) is 53.7 Å². The fraction of sp³-hybridized carbons (Fsp3) is 0.560. The third-order valence-electron chi connectivity index (χ3n) is 4.84. The largest absolute Gasteiger partial charge is 0.491 e. The van der Waals surface area contributed by atoms with E-state index in [1.807, 2.05) is 30.3 Å². The van der Waals surface area contributed by atoms with Crippen LogP contribution in [0.25, 0.3) is 10.8 Å². The van der Waals surface area contributed by atoms with Crippen molar-refractivity contribution in [3.8, 4) is 5.75 Å². The highest BCUT2D eigenvalue weighted by molar-refractivity contribution is 5.83. The van der Waals surface area contributed by atoms with Gasteiger partial charge >= 0.3 is 5.97 Å². The van der Waals surface area contributed by atoms with Gasteiger partial charge in [0, 0.05) is 0 Å². The van der Waals surface area contributed by atoms with Crippen molar-refractivity contribution >= 4 is 16.7 Å². The molecule has 1 unspecified atom stereocenters. The normalized spacial score (nSPS) is 13.3. The number of carbonyl (C=O) groups excluding carboxylic acids is 1. The van der Waals surface area contributed by atoms with Gasteiger partial charge in [-0.05, 0) is 40.2 Å². The summed E-state index contributed by atoms with van der Waals surface area (Å²) in [4.78, 5) is 12.5. The first kappa shape index (κ1) is 23.2. The topological polar surface area (TPSA) is 44.8 Å². The summed E-state index contributed by atoms with van der Waals surface area (Å²) < 4.78 is 16.8. The van der Waals surface area contributed by atoms with Crippen LogP contribution in [0.2, 0.25) is 0 Å². The number of hydrogen-bond acceptors (Lipinski definition) is 4. The van der Waals surface area contributed by atoms with Crippen LogP contribution in [0, 0.1) is 16.7 Å². The molecular formula is C25H36O4. The van der Waals surface area contributed by atoms with E-state index in [1.165, 1.54) is 5.39 Å². The summed E-state index contributed by atoms with van der Waals surface area (Å²) in [5.74, 6) is 0.566. The molecule has 0 saturated heterocycles. The van der Waals surface area contributed by atoms with Gasteiger partial charge in [-0.25, -0.2) is 0 Å². The van der Waals surface area contributed by atoms with Crippen LogP contribution in [-0.2, 0) is 14.3 Å². The Bertz CT molecular complexity index is 783. The van der Waals surface area contributed by atoms with E-state index in [1.54, 1.807) is 0 Å². The standard InChI is InChI=1S/C25H36O4/c1-24(2,3)18-22(25(4,5)6)23(26)29-16-14-27-13-15-28-21-12-11-19-9-7-8-10-20(19)17-21/h7-12,17,22H,13-16,18H2,1-6H3. The van der Waals surface area contributed by atoms with Crippen molar-refractivity contribution < 1.29 is 19.0 Å². The Morgan fingerprint density at radius 3 is 2.17 bits per heavy atom. The van der Waals surface area contributed by atoms with Crippen LogP contribution >= 0.6 is 0 Å². The van der Waals surface area contributed by atoms with Gasteiger partial charge in [-0.3, -0.25) is 4.79 Å². The maximum absolute atomic E-state index is 12.5. The number of ether oxygens (including phenoxy) is 3. The second-order valence-electron chi connectivity index (χ2n) is 9.82. The van der Waals surface area contributed by atoms with Crippen LogP contribution in [0.3, 0.4) is 0 Å². The first-order chi connectivity index (χ1) is 13.6. The van der Waals surface area contributed by atoms with Crippen molar-refractivity contribution in [3.05, 3.63) is 42.5 Å². The molecule has 0 radical (unpaired) electrons. The van der Waals surface area contributed by atoms with Gasteiger partial charge in [0.1, 0.15) is 19.0 Å². The zero-order valence-electron chi connectivity index (χ0n) is 18.8. The van der Waals surface area contributed by atoms with E-state index in [0.717, 1.165) is 17.6 Å². The highest BCUT2D eigenvalue weighted by atomic mass is 16.6. The minimum atomic E-state index is -0.136. The number of benzene rings is 2. The molecule has 2 rings (SSSR count). The van der Waals surface area contributed by atoms with Crippen LogP contribution in [0.1, 0.15) is 48.0 Å². The maximum Gasteiger partial charge on any atom is 0.309 e. The van der Waals surface area contributed by atoms with Gasteiger partial charge in [0.2, 0.25) is 0 Å². The number of rotatable bonds is 9. The molecule has 0 bridgehead atoms. The second-order valence-corrected chi connectivity index (χ2v) is 9.82. The van der Waals surface area contributed by atoms with Crippen molar-refractivity contribution in [1.82, 2.24) is 0 Å². The summed E-state index contributed by atoms with van der Waals surface area (Å²) in [6, 6.07) is 14.2. The molecule has 2 aromatic rings. The van der Waals surface area contributed by atoms with Crippen LogP contribution in [-0.4, -0.2) is 32.4 Å². The van der Waals surface area contributed by atoms with Crippen LogP contribution < -0.4 is 4.74 Å². The minimum absolute atomic E-state index is 0.0770. The summed E-state index contributed by atoms with van der Waals surface area (Å²) in [5, 5.41) is 2.35. The number of esters is 1. The Morgan fingerprint density at radius 2 is 1.52 bits per heavy atom. The predicted octanol–water partition coefficient (Wildman–Crippen LogP) is 5.88. The zero-order chi connectivity index (χ0) is 21.5. The predicted molar refractivity (Wildman–Crippen MR) is 118 cm³/mol. The van der Waals surface area contributed by atoms with Gasteiger partial charge in [-0.15, -0.1) is 0 Å². The molecule has 0 fully saturated rings. The first-order valence-corrected chi connectivity index (χ1v) is 10.4. The minimum Gasteiger partial charge on any atom is -0.491 e. The summed E-state index contributed by atoms with van der Waals surface area (Å²) >= 11 is 0. The lowest BCUT2D eigenvalue weighted by atomic mass is 9.72. The summed E-state index contributed by atoms with van der Waals surface area (Å²) in [5.41, 5.74) is -0.0491. The Kier molecular flexibility index (Phi) is 8.09. The van der Waals surface area contributed by atoms with Gasteiger partial charge < -0.3 is 14.2 Å². The molecule has 2 aromatic carbocycles. The van der Waals surface area contributed by atoms with Gasteiger partial charge in [0.05, 0.1) is 19.1 Å². The molecule has 0 aliphatic carbocycles. The molecular weight excluding hydrogens is 364 g/mol. The van der Waals surface area contributed by atoms with Crippen molar-refractivity contribution in [2.24, 2.45) is 16.7 Å². The van der Waals surface area contributed by atoms with E-state index in [-0.39, 0.29) is 29.3 Å². The molecule has 0 heterocycles. The maximum atomic E-state index is 12.5. The zero-order valence-corrected chi connectivity index (χ0v) is 18.8. The molecule has 0 aromatic heterocycles. The quantitative estimate of drug-likeness (QED) is 0.390. The molecule has 29 heavy (non-hydrogen) atoms. The Labute approximate surface area is 175 Å². The van der Waals surface area contributed by atoms with Crippen LogP contribution in [0.15, 0.2) is 42.5 Å². The van der Waals surface area contributed by atoms with Crippen molar-refractivity contribution in [2.45, 2.75) is 48.0 Å². The number of hydrogen-bond donors (Lipinski definition) is 0. The number of fused-ring (bicyclic) bond motifs is 1. The molecule has 1 atom stereocenters.